The van der Waals surface area contributed by atoms with E-state index in [2.05, 4.69) is 5.32 Å². The van der Waals surface area contributed by atoms with Crippen molar-refractivity contribution >= 4 is 5.91 Å². The van der Waals surface area contributed by atoms with Crippen molar-refractivity contribution < 1.29 is 13.9 Å². The van der Waals surface area contributed by atoms with Gasteiger partial charge in [0, 0.05) is 12.1 Å². The number of nitrogens with one attached hydrogen (secondary N) is 1. The number of carbonyl (C=O) groups is 1. The second kappa shape index (κ2) is 7.74. The van der Waals surface area contributed by atoms with Crippen LogP contribution < -0.4 is 10.1 Å². The fraction of sp³-hybridized carbons (Fsp3) is 0.278. The monoisotopic (exact) mass is 316 g/mol. The van der Waals surface area contributed by atoms with Crippen LogP contribution in [0.2, 0.25) is 0 Å². The average Bonchev–Trinajstić information content (AvgIpc) is 2.55. The average molecular weight is 316 g/mol. The number of carbonyl (C=O) groups excluding carboxylic acids is 1. The van der Waals surface area contributed by atoms with E-state index in [0.29, 0.717) is 6.54 Å². The lowest BCUT2D eigenvalue weighted by Crippen LogP contribution is -2.34. The largest absolute Gasteiger partial charge is 0.494 e. The van der Waals surface area contributed by atoms with Crippen LogP contribution in [0.3, 0.4) is 0 Å². The molecule has 0 aliphatic heterocycles. The van der Waals surface area contributed by atoms with Gasteiger partial charge in [-0.3, -0.25) is 4.79 Å². The Labute approximate surface area is 135 Å². The van der Waals surface area contributed by atoms with E-state index in [1.807, 2.05) is 49.3 Å². The van der Waals surface area contributed by atoms with Crippen LogP contribution in [0, 0.1) is 5.82 Å². The number of ether oxygens (including phenoxy) is 1. The van der Waals surface area contributed by atoms with Crippen LogP contribution in [0.4, 0.5) is 4.39 Å². The summed E-state index contributed by atoms with van der Waals surface area (Å²) in [4.78, 5) is 14.2. The maximum atomic E-state index is 13.7. The molecule has 0 fully saturated rings. The van der Waals surface area contributed by atoms with E-state index in [1.165, 1.54) is 19.2 Å². The van der Waals surface area contributed by atoms with Gasteiger partial charge in [-0.15, -0.1) is 0 Å². The maximum absolute atomic E-state index is 13.7. The third kappa shape index (κ3) is 4.29. The van der Waals surface area contributed by atoms with E-state index in [9.17, 15) is 9.18 Å². The molecule has 0 spiro atoms. The molecule has 0 unspecified atom stereocenters. The van der Waals surface area contributed by atoms with Crippen LogP contribution in [0.5, 0.6) is 5.75 Å². The fourth-order valence-electron chi connectivity index (χ4n) is 2.37. The first-order valence-corrected chi connectivity index (χ1v) is 7.36. The quantitative estimate of drug-likeness (QED) is 0.891. The number of hydrogen-bond donors (Lipinski definition) is 1. The maximum Gasteiger partial charge on any atom is 0.251 e. The van der Waals surface area contributed by atoms with Gasteiger partial charge in [0.2, 0.25) is 0 Å². The van der Waals surface area contributed by atoms with E-state index in [-0.39, 0.29) is 23.3 Å². The summed E-state index contributed by atoms with van der Waals surface area (Å²) >= 11 is 0. The molecule has 1 amide bonds. The summed E-state index contributed by atoms with van der Waals surface area (Å²) in [6.45, 7) is 0.434. The summed E-state index contributed by atoms with van der Waals surface area (Å²) in [5.74, 6) is -0.737. The van der Waals surface area contributed by atoms with E-state index < -0.39 is 5.82 Å². The Morgan fingerprint density at radius 2 is 1.91 bits per heavy atom. The topological polar surface area (TPSA) is 41.6 Å². The van der Waals surface area contributed by atoms with Gasteiger partial charge < -0.3 is 15.0 Å². The zero-order valence-electron chi connectivity index (χ0n) is 13.5. The van der Waals surface area contributed by atoms with E-state index >= 15 is 0 Å². The van der Waals surface area contributed by atoms with Crippen LogP contribution in [-0.2, 0) is 0 Å². The molecule has 2 aromatic rings. The number of amides is 1. The van der Waals surface area contributed by atoms with E-state index in [0.717, 1.165) is 5.56 Å². The fourth-order valence-corrected chi connectivity index (χ4v) is 2.37. The number of hydrogen-bond acceptors (Lipinski definition) is 3. The van der Waals surface area contributed by atoms with Gasteiger partial charge in [-0.2, -0.15) is 0 Å². The predicted octanol–water partition coefficient (Wildman–Crippen LogP) is 2.87. The second-order valence-electron chi connectivity index (χ2n) is 5.45. The molecule has 4 nitrogen and oxygen atoms in total. The van der Waals surface area contributed by atoms with Crippen molar-refractivity contribution in [2.75, 3.05) is 27.7 Å². The predicted molar refractivity (Wildman–Crippen MR) is 88.2 cm³/mol. The summed E-state index contributed by atoms with van der Waals surface area (Å²) in [7, 11) is 5.30. The van der Waals surface area contributed by atoms with Gasteiger partial charge in [0.25, 0.3) is 5.91 Å². The molecule has 0 bridgehead atoms. The molecular weight excluding hydrogens is 295 g/mol. The highest BCUT2D eigenvalue weighted by atomic mass is 19.1. The van der Waals surface area contributed by atoms with Crippen molar-refractivity contribution in [1.82, 2.24) is 10.2 Å². The highest BCUT2D eigenvalue weighted by Crippen LogP contribution is 2.19. The van der Waals surface area contributed by atoms with Crippen LogP contribution >= 0.6 is 0 Å². The van der Waals surface area contributed by atoms with E-state index in [1.54, 1.807) is 6.07 Å². The summed E-state index contributed by atoms with van der Waals surface area (Å²) in [6, 6.07) is 14.1. The number of benzene rings is 2. The van der Waals surface area contributed by atoms with Gasteiger partial charge in [-0.25, -0.2) is 4.39 Å². The molecule has 0 aromatic heterocycles. The van der Waals surface area contributed by atoms with Crippen LogP contribution in [0.15, 0.2) is 48.5 Å². The minimum Gasteiger partial charge on any atom is -0.494 e. The van der Waals surface area contributed by atoms with Crippen molar-refractivity contribution in [2.24, 2.45) is 0 Å². The first kappa shape index (κ1) is 17.0. The first-order chi connectivity index (χ1) is 11.0. The molecule has 122 valence electrons. The number of nitrogens with zero attached hydrogens (tertiary/aromatic N) is 1. The molecule has 23 heavy (non-hydrogen) atoms. The Morgan fingerprint density at radius 3 is 2.48 bits per heavy atom. The molecule has 0 saturated heterocycles. The number of likely N-dealkylation sites (N-methyl/N-ethyl adjacent to an activating group) is 1. The number of halogens is 1. The Kier molecular flexibility index (Phi) is 5.71. The zero-order chi connectivity index (χ0) is 16.8. The van der Waals surface area contributed by atoms with Crippen molar-refractivity contribution in [3.8, 4) is 5.75 Å². The third-order valence-corrected chi connectivity index (χ3v) is 3.68. The number of rotatable bonds is 6. The van der Waals surface area contributed by atoms with Crippen molar-refractivity contribution in [1.29, 1.82) is 0 Å². The molecule has 0 aliphatic carbocycles. The van der Waals surface area contributed by atoms with Gasteiger partial charge in [-0.05, 0) is 37.9 Å². The molecule has 2 aromatic carbocycles. The van der Waals surface area contributed by atoms with Crippen molar-refractivity contribution in [2.45, 2.75) is 6.04 Å². The molecule has 0 aliphatic rings. The summed E-state index contributed by atoms with van der Waals surface area (Å²) < 4.78 is 18.5. The molecule has 1 N–H and O–H groups in total. The Morgan fingerprint density at radius 1 is 1.22 bits per heavy atom. The minimum absolute atomic E-state index is 0.0447. The lowest BCUT2D eigenvalue weighted by atomic mass is 10.1. The lowest BCUT2D eigenvalue weighted by molar-refractivity contribution is 0.0941. The summed E-state index contributed by atoms with van der Waals surface area (Å²) in [6.07, 6.45) is 0. The molecule has 0 saturated carbocycles. The summed E-state index contributed by atoms with van der Waals surface area (Å²) in [5, 5.41) is 2.86. The van der Waals surface area contributed by atoms with Gasteiger partial charge >= 0.3 is 0 Å². The Hall–Kier alpha value is -2.40. The normalized spacial score (nSPS) is 12.0. The Balaban J connectivity index is 2.06. The SMILES string of the molecule is COc1ccc(C(=O)NC[C@H](c2ccccc2)N(C)C)cc1F. The van der Waals surface area contributed by atoms with Crippen LogP contribution in [-0.4, -0.2) is 38.6 Å². The smallest absolute Gasteiger partial charge is 0.251 e. The first-order valence-electron chi connectivity index (χ1n) is 7.36. The molecule has 2 rings (SSSR count). The highest BCUT2D eigenvalue weighted by Gasteiger charge is 2.16. The number of methoxy groups -OCH3 is 1. The highest BCUT2D eigenvalue weighted by molar-refractivity contribution is 5.94. The molecule has 0 heterocycles. The summed E-state index contributed by atoms with van der Waals surface area (Å²) in [5.41, 5.74) is 1.38. The van der Waals surface area contributed by atoms with Crippen molar-refractivity contribution in [3.63, 3.8) is 0 Å². The Bertz CT molecular complexity index is 659. The van der Waals surface area contributed by atoms with Crippen molar-refractivity contribution in [3.05, 3.63) is 65.5 Å². The van der Waals surface area contributed by atoms with Crippen LogP contribution in [0.25, 0.3) is 0 Å². The van der Waals surface area contributed by atoms with E-state index in [4.69, 9.17) is 4.74 Å². The molecular formula is C18H21FN2O2. The van der Waals surface area contributed by atoms with Crippen LogP contribution in [0.1, 0.15) is 22.0 Å². The third-order valence-electron chi connectivity index (χ3n) is 3.68. The van der Waals surface area contributed by atoms with Gasteiger partial charge in [0.1, 0.15) is 0 Å². The standard InChI is InChI=1S/C18H21FN2O2/c1-21(2)16(13-7-5-4-6-8-13)12-20-18(22)14-9-10-17(23-3)15(19)11-14/h4-11,16H,12H2,1-3H3,(H,20,22)/t16-/m1/s1. The molecule has 5 heteroatoms. The zero-order valence-corrected chi connectivity index (χ0v) is 13.5. The second-order valence-corrected chi connectivity index (χ2v) is 5.45. The molecule has 0 radical (unpaired) electrons. The van der Waals surface area contributed by atoms with Gasteiger partial charge in [0.05, 0.1) is 13.2 Å². The van der Waals surface area contributed by atoms with Gasteiger partial charge in [0.15, 0.2) is 11.6 Å². The molecule has 1 atom stereocenters. The van der Waals surface area contributed by atoms with Gasteiger partial charge in [-0.1, -0.05) is 30.3 Å². The minimum atomic E-state index is -0.549. The lowest BCUT2D eigenvalue weighted by Gasteiger charge is -2.25.